The van der Waals surface area contributed by atoms with Gasteiger partial charge in [-0.25, -0.2) is 0 Å². The minimum atomic E-state index is -0.422. The van der Waals surface area contributed by atoms with Crippen LogP contribution in [0.3, 0.4) is 0 Å². The molecule has 3 nitrogen and oxygen atoms in total. The fraction of sp³-hybridized carbons (Fsp3) is 0.538. The quantitative estimate of drug-likeness (QED) is 0.828. The molecule has 1 atom stereocenters. The number of hydrogen-bond acceptors (Lipinski definition) is 3. The number of benzene rings is 1. The summed E-state index contributed by atoms with van der Waals surface area (Å²) in [6, 6.07) is 5.80. The summed E-state index contributed by atoms with van der Waals surface area (Å²) in [4.78, 5) is 2.08. The van der Waals surface area contributed by atoms with Crippen molar-refractivity contribution in [1.82, 2.24) is 4.90 Å². The van der Waals surface area contributed by atoms with E-state index in [1.807, 2.05) is 39.2 Å². The summed E-state index contributed by atoms with van der Waals surface area (Å²) >= 11 is 0. The van der Waals surface area contributed by atoms with Crippen LogP contribution in [-0.4, -0.2) is 37.3 Å². The van der Waals surface area contributed by atoms with Crippen LogP contribution >= 0.6 is 0 Å². The van der Waals surface area contributed by atoms with Gasteiger partial charge in [-0.05, 0) is 51.2 Å². The molecule has 16 heavy (non-hydrogen) atoms. The maximum atomic E-state index is 9.44. The third-order valence-corrected chi connectivity index (χ3v) is 2.48. The lowest BCUT2D eigenvalue weighted by molar-refractivity contribution is 0.199. The number of hydrogen-bond donors (Lipinski definition) is 1. The number of aryl methyl sites for hydroxylation is 1. The van der Waals surface area contributed by atoms with E-state index in [0.717, 1.165) is 23.4 Å². The van der Waals surface area contributed by atoms with Gasteiger partial charge in [-0.1, -0.05) is 6.07 Å². The Kier molecular flexibility index (Phi) is 4.77. The minimum Gasteiger partial charge on any atom is -0.492 e. The molecule has 0 aliphatic heterocycles. The third-order valence-electron chi connectivity index (χ3n) is 2.48. The first-order valence-electron chi connectivity index (χ1n) is 5.57. The Labute approximate surface area is 97.7 Å². The molecule has 1 N–H and O–H groups in total. The maximum Gasteiger partial charge on any atom is 0.122 e. The van der Waals surface area contributed by atoms with Gasteiger partial charge in [0.2, 0.25) is 0 Å². The van der Waals surface area contributed by atoms with Gasteiger partial charge in [-0.15, -0.1) is 0 Å². The Morgan fingerprint density at radius 1 is 1.38 bits per heavy atom. The molecule has 0 amide bonds. The fourth-order valence-corrected chi connectivity index (χ4v) is 1.43. The van der Waals surface area contributed by atoms with E-state index >= 15 is 0 Å². The van der Waals surface area contributed by atoms with Gasteiger partial charge in [-0.2, -0.15) is 0 Å². The molecule has 0 radical (unpaired) electrons. The summed E-state index contributed by atoms with van der Waals surface area (Å²) in [6.07, 6.45) is -0.422. The second kappa shape index (κ2) is 5.87. The number of ether oxygens (including phenoxy) is 1. The molecule has 1 aromatic rings. The SMILES string of the molecule is Cc1cc([C@@H](C)O)ccc1OCCN(C)C. The van der Waals surface area contributed by atoms with Crippen molar-refractivity contribution in [2.75, 3.05) is 27.2 Å². The van der Waals surface area contributed by atoms with Crippen LogP contribution in [0.15, 0.2) is 18.2 Å². The van der Waals surface area contributed by atoms with Crippen LogP contribution in [0.25, 0.3) is 0 Å². The van der Waals surface area contributed by atoms with Gasteiger partial charge in [0, 0.05) is 6.54 Å². The van der Waals surface area contributed by atoms with Gasteiger partial charge in [0.25, 0.3) is 0 Å². The molecule has 3 heteroatoms. The van der Waals surface area contributed by atoms with Gasteiger partial charge in [0.05, 0.1) is 6.10 Å². The Morgan fingerprint density at radius 3 is 2.56 bits per heavy atom. The normalized spacial score (nSPS) is 12.9. The lowest BCUT2D eigenvalue weighted by Gasteiger charge is -2.14. The van der Waals surface area contributed by atoms with Crippen LogP contribution in [0.5, 0.6) is 5.75 Å². The summed E-state index contributed by atoms with van der Waals surface area (Å²) in [5.41, 5.74) is 2.00. The molecule has 0 spiro atoms. The highest BCUT2D eigenvalue weighted by Crippen LogP contribution is 2.22. The van der Waals surface area contributed by atoms with Crippen molar-refractivity contribution >= 4 is 0 Å². The summed E-state index contributed by atoms with van der Waals surface area (Å²) in [6.45, 7) is 5.34. The second-order valence-electron chi connectivity index (χ2n) is 4.35. The number of likely N-dealkylation sites (N-methyl/N-ethyl adjacent to an activating group) is 1. The largest absolute Gasteiger partial charge is 0.492 e. The van der Waals surface area contributed by atoms with Crippen molar-refractivity contribution in [3.8, 4) is 5.75 Å². The average molecular weight is 223 g/mol. The van der Waals surface area contributed by atoms with Crippen LogP contribution in [0.2, 0.25) is 0 Å². The van der Waals surface area contributed by atoms with Crippen LogP contribution in [0.1, 0.15) is 24.2 Å². The van der Waals surface area contributed by atoms with Gasteiger partial charge in [0.1, 0.15) is 12.4 Å². The molecule has 0 saturated heterocycles. The highest BCUT2D eigenvalue weighted by Gasteiger charge is 2.05. The summed E-state index contributed by atoms with van der Waals surface area (Å²) in [5, 5.41) is 9.44. The van der Waals surface area contributed by atoms with E-state index in [-0.39, 0.29) is 0 Å². The van der Waals surface area contributed by atoms with Crippen LogP contribution in [0, 0.1) is 6.92 Å². The predicted octanol–water partition coefficient (Wildman–Crippen LogP) is 1.99. The standard InChI is InChI=1S/C13H21NO2/c1-10-9-12(11(2)15)5-6-13(10)16-8-7-14(3)4/h5-6,9,11,15H,7-8H2,1-4H3/t11-/m1/s1. The Hall–Kier alpha value is -1.06. The Morgan fingerprint density at radius 2 is 2.06 bits per heavy atom. The molecule has 0 fully saturated rings. The molecule has 90 valence electrons. The van der Waals surface area contributed by atoms with Crippen molar-refractivity contribution in [3.05, 3.63) is 29.3 Å². The first-order chi connectivity index (χ1) is 7.50. The first-order valence-corrected chi connectivity index (χ1v) is 5.57. The molecule has 0 heterocycles. The van der Waals surface area contributed by atoms with E-state index in [9.17, 15) is 5.11 Å². The van der Waals surface area contributed by atoms with E-state index in [2.05, 4.69) is 4.90 Å². The highest BCUT2D eigenvalue weighted by molar-refractivity contribution is 5.36. The first kappa shape index (κ1) is 13.0. The van der Waals surface area contributed by atoms with Gasteiger partial charge in [0.15, 0.2) is 0 Å². The Balaban J connectivity index is 2.61. The van der Waals surface area contributed by atoms with Gasteiger partial charge >= 0.3 is 0 Å². The number of aliphatic hydroxyl groups is 1. The number of nitrogens with zero attached hydrogens (tertiary/aromatic N) is 1. The predicted molar refractivity (Wildman–Crippen MR) is 65.9 cm³/mol. The molecular formula is C13H21NO2. The molecule has 0 aliphatic rings. The zero-order valence-electron chi connectivity index (χ0n) is 10.5. The molecular weight excluding hydrogens is 202 g/mol. The van der Waals surface area contributed by atoms with Crippen LogP contribution in [-0.2, 0) is 0 Å². The maximum absolute atomic E-state index is 9.44. The zero-order valence-corrected chi connectivity index (χ0v) is 10.5. The van der Waals surface area contributed by atoms with Gasteiger partial charge < -0.3 is 14.7 Å². The molecule has 0 saturated carbocycles. The molecule has 1 rings (SSSR count). The van der Waals surface area contributed by atoms with E-state index in [4.69, 9.17) is 4.74 Å². The zero-order chi connectivity index (χ0) is 12.1. The van der Waals surface area contributed by atoms with E-state index in [0.29, 0.717) is 6.61 Å². The van der Waals surface area contributed by atoms with Crippen molar-refractivity contribution < 1.29 is 9.84 Å². The van der Waals surface area contributed by atoms with Crippen LogP contribution < -0.4 is 4.74 Å². The minimum absolute atomic E-state index is 0.422. The average Bonchev–Trinajstić information content (AvgIpc) is 2.19. The van der Waals surface area contributed by atoms with Crippen molar-refractivity contribution in [1.29, 1.82) is 0 Å². The smallest absolute Gasteiger partial charge is 0.122 e. The summed E-state index contributed by atoms with van der Waals surface area (Å²) < 4.78 is 5.66. The lowest BCUT2D eigenvalue weighted by Crippen LogP contribution is -2.19. The fourth-order valence-electron chi connectivity index (χ4n) is 1.43. The Bertz CT molecular complexity index is 335. The molecule has 0 unspecified atom stereocenters. The van der Waals surface area contributed by atoms with E-state index in [1.165, 1.54) is 0 Å². The van der Waals surface area contributed by atoms with E-state index < -0.39 is 6.10 Å². The number of rotatable bonds is 5. The number of aliphatic hydroxyl groups excluding tert-OH is 1. The van der Waals surface area contributed by atoms with Crippen LogP contribution in [0.4, 0.5) is 0 Å². The van der Waals surface area contributed by atoms with E-state index in [1.54, 1.807) is 6.92 Å². The highest BCUT2D eigenvalue weighted by atomic mass is 16.5. The van der Waals surface area contributed by atoms with Gasteiger partial charge in [-0.3, -0.25) is 0 Å². The van der Waals surface area contributed by atoms with Crippen molar-refractivity contribution in [2.45, 2.75) is 20.0 Å². The molecule has 0 aromatic heterocycles. The van der Waals surface area contributed by atoms with Crippen molar-refractivity contribution in [3.63, 3.8) is 0 Å². The second-order valence-corrected chi connectivity index (χ2v) is 4.35. The van der Waals surface area contributed by atoms with Crippen molar-refractivity contribution in [2.24, 2.45) is 0 Å². The molecule has 0 aliphatic carbocycles. The monoisotopic (exact) mass is 223 g/mol. The summed E-state index contributed by atoms with van der Waals surface area (Å²) in [7, 11) is 4.04. The summed E-state index contributed by atoms with van der Waals surface area (Å²) in [5.74, 6) is 0.895. The lowest BCUT2D eigenvalue weighted by atomic mass is 10.1. The third kappa shape index (κ3) is 3.83. The topological polar surface area (TPSA) is 32.7 Å². The molecule has 1 aromatic carbocycles. The molecule has 0 bridgehead atoms.